The van der Waals surface area contributed by atoms with E-state index in [1.165, 1.54) is 27.8 Å². The topological polar surface area (TPSA) is 203 Å². The molecular formula is C86H150O22Si5. The number of ether oxygens (including phenoxy) is 7. The van der Waals surface area contributed by atoms with E-state index < -0.39 is 44.0 Å². The molecule has 646 valence electrons. The highest BCUT2D eigenvalue weighted by atomic mass is 28.4. The predicted octanol–water partition coefficient (Wildman–Crippen LogP) is 19.7. The number of fused-ring (bicyclic) bond motifs is 1. The van der Waals surface area contributed by atoms with Gasteiger partial charge >= 0.3 is 44.0 Å². The van der Waals surface area contributed by atoms with E-state index in [0.29, 0.717) is 119 Å². The first-order valence-electron chi connectivity index (χ1n) is 41.9. The molecule has 0 fully saturated rings. The summed E-state index contributed by atoms with van der Waals surface area (Å²) in [5.74, 6) is 6.02. The Hall–Kier alpha value is -4.82. The first kappa shape index (κ1) is 104. The van der Waals surface area contributed by atoms with Gasteiger partial charge in [-0.25, -0.2) is 0 Å². The molecule has 0 saturated heterocycles. The van der Waals surface area contributed by atoms with Gasteiger partial charge in [0.15, 0.2) is 11.5 Å². The van der Waals surface area contributed by atoms with Crippen LogP contribution in [0.15, 0.2) is 109 Å². The average molecular weight is 1680 g/mol. The normalized spacial score (nSPS) is 12.3. The first-order chi connectivity index (χ1) is 54.6. The van der Waals surface area contributed by atoms with E-state index in [1.54, 1.807) is 21.3 Å². The van der Waals surface area contributed by atoms with Gasteiger partial charge in [-0.05, 0) is 284 Å². The lowest BCUT2D eigenvalue weighted by Gasteiger charge is -2.28. The molecule has 5 aromatic carbocycles. The fourth-order valence-corrected chi connectivity index (χ4v) is 25.7. The van der Waals surface area contributed by atoms with E-state index in [0.717, 1.165) is 135 Å². The van der Waals surface area contributed by atoms with Crippen LogP contribution in [0.4, 0.5) is 0 Å². The zero-order chi connectivity index (χ0) is 83.5. The SMILES string of the molecule is CCO[Si](CCCc1cc(OC)cc(OC)c1)(OCC)OCC.CCO[Si](CCCc1ccc(OC(C)(C)C)cc1)(OCC)OCC.CCO[Si](CCCc1ccc(OC)cc1)(OCC)OCC.CCO[Si](CCCc1ccc2c(c1)OCCO2)(OCC)OCC.CCOc1ccc(CCC[Si](OCC)(OCC)OCC)cc1. The van der Waals surface area contributed by atoms with Gasteiger partial charge < -0.3 is 99.5 Å². The third-order valence-corrected chi connectivity index (χ3v) is 32.7. The van der Waals surface area contributed by atoms with Crippen molar-refractivity contribution in [3.63, 3.8) is 0 Å². The number of aryl methyl sites for hydroxylation is 5. The molecular weight excluding hydrogens is 1530 g/mol. The van der Waals surface area contributed by atoms with E-state index in [4.69, 9.17) is 99.5 Å². The lowest BCUT2D eigenvalue weighted by Crippen LogP contribution is -2.46. The number of benzene rings is 5. The Kier molecular flexibility index (Phi) is 56.7. The van der Waals surface area contributed by atoms with Crippen molar-refractivity contribution in [1.29, 1.82) is 0 Å². The third-order valence-electron chi connectivity index (χ3n) is 17.0. The molecule has 27 heteroatoms. The number of hydrogen-bond acceptors (Lipinski definition) is 22. The molecule has 5 aromatic rings. The number of methoxy groups -OCH3 is 3. The van der Waals surface area contributed by atoms with Crippen molar-refractivity contribution in [2.45, 2.75) is 232 Å². The van der Waals surface area contributed by atoms with Crippen LogP contribution in [0.3, 0.4) is 0 Å². The van der Waals surface area contributed by atoms with Crippen LogP contribution in [-0.4, -0.2) is 190 Å². The molecule has 1 heterocycles. The van der Waals surface area contributed by atoms with E-state index in [-0.39, 0.29) is 5.60 Å². The van der Waals surface area contributed by atoms with Crippen LogP contribution in [0, 0.1) is 0 Å². The molecule has 0 N–H and O–H groups in total. The van der Waals surface area contributed by atoms with Crippen LogP contribution in [0.25, 0.3) is 0 Å². The lowest BCUT2D eigenvalue weighted by atomic mass is 10.1. The van der Waals surface area contributed by atoms with Crippen molar-refractivity contribution in [2.24, 2.45) is 0 Å². The van der Waals surface area contributed by atoms with Crippen LogP contribution in [0.1, 0.15) is 191 Å². The van der Waals surface area contributed by atoms with Crippen LogP contribution in [0.5, 0.6) is 40.2 Å². The Morgan fingerprint density at radius 2 is 0.504 bits per heavy atom. The maximum absolute atomic E-state index is 5.90. The summed E-state index contributed by atoms with van der Waals surface area (Å²) in [7, 11) is -7.59. The first-order valence-corrected chi connectivity index (χ1v) is 51.6. The summed E-state index contributed by atoms with van der Waals surface area (Å²) in [5, 5.41) is 0. The highest BCUT2D eigenvalue weighted by molar-refractivity contribution is 6.62. The summed E-state index contributed by atoms with van der Waals surface area (Å²) in [6, 6.07) is 41.1. The smallest absolute Gasteiger partial charge is 0.497 e. The van der Waals surface area contributed by atoms with E-state index in [1.807, 2.05) is 171 Å². The molecule has 1 aliphatic rings. The Morgan fingerprint density at radius 3 is 0.770 bits per heavy atom. The molecule has 0 aromatic heterocycles. The molecule has 0 bridgehead atoms. The summed E-state index contributed by atoms with van der Waals surface area (Å²) in [6.07, 6.45) is 9.70. The Bertz CT molecular complexity index is 3010. The van der Waals surface area contributed by atoms with Crippen molar-refractivity contribution in [1.82, 2.24) is 0 Å². The molecule has 113 heavy (non-hydrogen) atoms. The second-order valence-corrected chi connectivity index (χ2v) is 40.3. The van der Waals surface area contributed by atoms with Gasteiger partial charge in [0.1, 0.15) is 47.6 Å². The third kappa shape index (κ3) is 42.9. The zero-order valence-electron chi connectivity index (χ0n) is 73.7. The van der Waals surface area contributed by atoms with Crippen molar-refractivity contribution in [2.75, 3.05) is 140 Å². The van der Waals surface area contributed by atoms with Crippen molar-refractivity contribution >= 4 is 44.0 Å². The largest absolute Gasteiger partial charge is 0.500 e. The van der Waals surface area contributed by atoms with Crippen molar-refractivity contribution in [3.8, 4) is 40.2 Å². The summed E-state index contributed by atoms with van der Waals surface area (Å²) in [5.41, 5.74) is 6.14. The zero-order valence-corrected chi connectivity index (χ0v) is 78.7. The van der Waals surface area contributed by atoms with Gasteiger partial charge in [-0.2, -0.15) is 0 Å². The lowest BCUT2D eigenvalue weighted by molar-refractivity contribution is 0.0700. The maximum atomic E-state index is 5.90. The van der Waals surface area contributed by atoms with Crippen LogP contribution < -0.4 is 33.2 Å². The van der Waals surface area contributed by atoms with Crippen molar-refractivity contribution < 1.29 is 99.5 Å². The van der Waals surface area contributed by atoms with Crippen LogP contribution in [-0.2, 0) is 98.5 Å². The fraction of sp³-hybridized carbons (Fsp3) is 0.651. The van der Waals surface area contributed by atoms with Crippen LogP contribution in [0.2, 0.25) is 30.2 Å². The van der Waals surface area contributed by atoms with Gasteiger partial charge in [0.2, 0.25) is 0 Å². The highest BCUT2D eigenvalue weighted by Gasteiger charge is 2.43. The standard InChI is InChI=1S/C19H34O4Si.C17H28O5Si.C17H30O5Si.C17H30O4Si.C16H28O4Si/c1-7-20-24(21-8-2,22-9-3)16-10-11-17-12-14-18(15-13-17)23-19(4,5)6;1-4-20-23(21-5-2,22-6-3)13-7-8-15-9-10-16-17(14-15)19-12-11-18-16;1-6-20-23(21-7-2,22-8-3)11-9-10-15-12-16(18-4)14-17(13-15)19-5;1-5-18-17-13-11-16(12-14-17)10-9-15-22(19-6-2,20-7-3)21-8-4;1-5-18-21(19-6-2,20-7-3)14-8-9-15-10-12-16(17-4)13-11-15/h12-15H,7-11,16H2,1-6H3;9-10,14H,4-8,11-13H2,1-3H3;12-14H,6-11H2,1-5H3;11-14H,5-10,15H2,1-4H3;10-13H,5-9,14H2,1-4H3. The summed E-state index contributed by atoms with van der Waals surface area (Å²) in [6.45, 7) is 49.3. The number of rotatable bonds is 56. The quantitative estimate of drug-likeness (QED) is 0.0332. The van der Waals surface area contributed by atoms with E-state index >= 15 is 0 Å². The van der Waals surface area contributed by atoms with Gasteiger partial charge in [-0.15, -0.1) is 0 Å². The average Bonchev–Trinajstić information content (AvgIpc) is 0.881. The molecule has 0 amide bonds. The minimum absolute atomic E-state index is 0.167. The maximum Gasteiger partial charge on any atom is 0.500 e. The van der Waals surface area contributed by atoms with Gasteiger partial charge in [0.25, 0.3) is 0 Å². The molecule has 0 saturated carbocycles. The minimum atomic E-state index is -2.56. The molecule has 0 radical (unpaired) electrons. The monoisotopic (exact) mass is 1670 g/mol. The summed E-state index contributed by atoms with van der Waals surface area (Å²) in [4.78, 5) is 0. The summed E-state index contributed by atoms with van der Waals surface area (Å²) < 4.78 is 127. The van der Waals surface area contributed by atoms with Gasteiger partial charge in [0, 0.05) is 135 Å². The van der Waals surface area contributed by atoms with Gasteiger partial charge in [0.05, 0.1) is 27.9 Å². The minimum Gasteiger partial charge on any atom is -0.497 e. The Labute approximate surface area is 688 Å². The highest BCUT2D eigenvalue weighted by Crippen LogP contribution is 2.33. The molecule has 6 rings (SSSR count). The second-order valence-electron chi connectivity index (χ2n) is 26.7. The number of hydrogen-bond donors (Lipinski definition) is 0. The second kappa shape index (κ2) is 61.5. The molecule has 1 aliphatic heterocycles. The molecule has 0 spiro atoms. The van der Waals surface area contributed by atoms with E-state index in [2.05, 4.69) is 69.3 Å². The molecule has 0 aliphatic carbocycles. The van der Waals surface area contributed by atoms with E-state index in [9.17, 15) is 0 Å². The fourth-order valence-electron chi connectivity index (χ4n) is 12.6. The molecule has 0 unspecified atom stereocenters. The van der Waals surface area contributed by atoms with Crippen LogP contribution >= 0.6 is 0 Å². The Morgan fingerprint density at radius 1 is 0.257 bits per heavy atom. The Balaban J connectivity index is 0.000000480. The van der Waals surface area contributed by atoms with Gasteiger partial charge in [-0.1, -0.05) is 42.5 Å². The van der Waals surface area contributed by atoms with Gasteiger partial charge in [-0.3, -0.25) is 0 Å². The predicted molar refractivity (Wildman–Crippen MR) is 463 cm³/mol. The molecule has 22 nitrogen and oxygen atoms in total. The molecule has 0 atom stereocenters. The van der Waals surface area contributed by atoms with Crippen molar-refractivity contribution in [3.05, 3.63) is 137 Å². The summed E-state index contributed by atoms with van der Waals surface area (Å²) >= 11 is 0.